The van der Waals surface area contributed by atoms with Gasteiger partial charge in [0.1, 0.15) is 0 Å². The van der Waals surface area contributed by atoms with E-state index in [1.807, 2.05) is 49.6 Å². The molecule has 4 nitrogen and oxygen atoms in total. The van der Waals surface area contributed by atoms with Crippen LogP contribution in [0.2, 0.25) is 0 Å². The molecule has 6 heteroatoms. The lowest BCUT2D eigenvalue weighted by Gasteiger charge is -2.24. The first-order valence-corrected chi connectivity index (χ1v) is 8.70. The standard InChI is InChI=1S/C16H17N3OS2/c1-12-11-21-16(18-12)22-13(2)15(20)19(10-6-9-17)14-7-4-3-5-8-14/h3-5,7-8,11,13H,6,10H2,1-2H3. The molecule has 1 amide bonds. The molecule has 0 spiro atoms. The second kappa shape index (κ2) is 7.97. The fraction of sp³-hybridized carbons (Fsp3) is 0.312. The van der Waals surface area contributed by atoms with Crippen LogP contribution in [0.15, 0.2) is 40.1 Å². The van der Waals surface area contributed by atoms with Gasteiger partial charge in [-0.05, 0) is 26.0 Å². The minimum Gasteiger partial charge on any atom is -0.310 e. The third-order valence-corrected chi connectivity index (χ3v) is 5.18. The van der Waals surface area contributed by atoms with Gasteiger partial charge in [-0.3, -0.25) is 4.79 Å². The van der Waals surface area contributed by atoms with E-state index in [1.54, 1.807) is 16.2 Å². The number of amides is 1. The van der Waals surface area contributed by atoms with Crippen LogP contribution in [-0.2, 0) is 4.79 Å². The third-order valence-electron chi connectivity index (χ3n) is 3.00. The van der Waals surface area contributed by atoms with Crippen molar-refractivity contribution >= 4 is 34.7 Å². The zero-order valence-electron chi connectivity index (χ0n) is 12.5. The molecule has 1 atom stereocenters. The predicted molar refractivity (Wildman–Crippen MR) is 91.2 cm³/mol. The number of hydrogen-bond acceptors (Lipinski definition) is 5. The Labute approximate surface area is 138 Å². The van der Waals surface area contributed by atoms with Gasteiger partial charge in [-0.25, -0.2) is 4.98 Å². The van der Waals surface area contributed by atoms with E-state index in [-0.39, 0.29) is 11.2 Å². The Kier molecular flexibility index (Phi) is 5.99. The van der Waals surface area contributed by atoms with Crippen molar-refractivity contribution in [3.05, 3.63) is 41.4 Å². The second-order valence-corrected chi connectivity index (χ2v) is 7.19. The Bertz CT molecular complexity index is 664. The van der Waals surface area contributed by atoms with Crippen molar-refractivity contribution in [3.8, 4) is 6.07 Å². The summed E-state index contributed by atoms with van der Waals surface area (Å²) in [5, 5.41) is 10.5. The van der Waals surface area contributed by atoms with Gasteiger partial charge in [0.25, 0.3) is 0 Å². The van der Waals surface area contributed by atoms with Crippen LogP contribution in [0.1, 0.15) is 19.0 Å². The number of benzene rings is 1. The van der Waals surface area contributed by atoms with Gasteiger partial charge in [-0.2, -0.15) is 5.26 Å². The molecule has 0 aliphatic carbocycles. The average Bonchev–Trinajstić information content (AvgIpc) is 2.93. The molecule has 0 saturated carbocycles. The number of anilines is 1. The summed E-state index contributed by atoms with van der Waals surface area (Å²) in [4.78, 5) is 18.8. The van der Waals surface area contributed by atoms with Crippen molar-refractivity contribution in [1.82, 2.24) is 4.98 Å². The van der Waals surface area contributed by atoms with E-state index in [9.17, 15) is 4.79 Å². The van der Waals surface area contributed by atoms with Crippen molar-refractivity contribution in [3.63, 3.8) is 0 Å². The fourth-order valence-electron chi connectivity index (χ4n) is 1.94. The van der Waals surface area contributed by atoms with E-state index >= 15 is 0 Å². The van der Waals surface area contributed by atoms with Crippen molar-refractivity contribution < 1.29 is 4.79 Å². The summed E-state index contributed by atoms with van der Waals surface area (Å²) in [6, 6.07) is 11.6. The summed E-state index contributed by atoms with van der Waals surface area (Å²) in [6.45, 7) is 4.23. The van der Waals surface area contributed by atoms with E-state index in [4.69, 9.17) is 5.26 Å². The number of nitriles is 1. The Balaban J connectivity index is 2.12. The minimum absolute atomic E-state index is 0.000645. The lowest BCUT2D eigenvalue weighted by atomic mass is 10.2. The lowest BCUT2D eigenvalue weighted by Crippen LogP contribution is -2.37. The number of thioether (sulfide) groups is 1. The molecule has 0 bridgehead atoms. The van der Waals surface area contributed by atoms with E-state index in [2.05, 4.69) is 11.1 Å². The van der Waals surface area contributed by atoms with E-state index in [0.29, 0.717) is 13.0 Å². The molecule has 1 unspecified atom stereocenters. The minimum atomic E-state index is -0.246. The topological polar surface area (TPSA) is 57.0 Å². The van der Waals surface area contributed by atoms with Gasteiger partial charge in [0.2, 0.25) is 5.91 Å². The van der Waals surface area contributed by atoms with Crippen LogP contribution < -0.4 is 4.90 Å². The molecule has 0 aliphatic heterocycles. The second-order valence-electron chi connectivity index (χ2n) is 4.75. The highest BCUT2D eigenvalue weighted by molar-refractivity contribution is 8.02. The molecular formula is C16H17N3OS2. The number of rotatable bonds is 6. The highest BCUT2D eigenvalue weighted by Gasteiger charge is 2.23. The average molecular weight is 331 g/mol. The number of hydrogen-bond donors (Lipinski definition) is 0. The first-order valence-electron chi connectivity index (χ1n) is 6.94. The normalized spacial score (nSPS) is 11.7. The van der Waals surface area contributed by atoms with E-state index < -0.39 is 0 Å². The lowest BCUT2D eigenvalue weighted by molar-refractivity contribution is -0.117. The number of thiazole rings is 1. The first kappa shape index (κ1) is 16.5. The van der Waals surface area contributed by atoms with Gasteiger partial charge in [0.05, 0.1) is 17.7 Å². The molecule has 2 rings (SSSR count). The smallest absolute Gasteiger partial charge is 0.240 e. The number of para-hydroxylation sites is 1. The van der Waals surface area contributed by atoms with Crippen molar-refractivity contribution in [2.24, 2.45) is 0 Å². The number of carbonyl (C=O) groups is 1. The molecule has 0 N–H and O–H groups in total. The Morgan fingerprint density at radius 2 is 2.18 bits per heavy atom. The van der Waals surface area contributed by atoms with Gasteiger partial charge < -0.3 is 4.90 Å². The summed E-state index contributed by atoms with van der Waals surface area (Å²) < 4.78 is 0.895. The van der Waals surface area contributed by atoms with Gasteiger partial charge >= 0.3 is 0 Å². The molecule has 0 radical (unpaired) electrons. The molecule has 1 aromatic carbocycles. The molecule has 0 saturated heterocycles. The maximum absolute atomic E-state index is 12.7. The van der Waals surface area contributed by atoms with Crippen LogP contribution in [0.4, 0.5) is 5.69 Å². The Morgan fingerprint density at radius 1 is 1.45 bits per heavy atom. The molecule has 1 aromatic heterocycles. The van der Waals surface area contributed by atoms with Crippen molar-refractivity contribution in [1.29, 1.82) is 5.26 Å². The summed E-state index contributed by atoms with van der Waals surface area (Å²) in [7, 11) is 0. The van der Waals surface area contributed by atoms with Gasteiger partial charge in [-0.15, -0.1) is 11.3 Å². The number of aromatic nitrogens is 1. The Hall–Kier alpha value is -1.84. The van der Waals surface area contributed by atoms with Crippen LogP contribution in [0, 0.1) is 18.3 Å². The largest absolute Gasteiger partial charge is 0.310 e. The van der Waals surface area contributed by atoms with Crippen LogP contribution in [0.5, 0.6) is 0 Å². The van der Waals surface area contributed by atoms with Crippen LogP contribution >= 0.6 is 23.1 Å². The predicted octanol–water partition coefficient (Wildman–Crippen LogP) is 3.88. The highest BCUT2D eigenvalue weighted by atomic mass is 32.2. The van der Waals surface area contributed by atoms with Crippen LogP contribution in [0.3, 0.4) is 0 Å². The van der Waals surface area contributed by atoms with Crippen LogP contribution in [-0.4, -0.2) is 22.7 Å². The van der Waals surface area contributed by atoms with Gasteiger partial charge in [0.15, 0.2) is 4.34 Å². The SMILES string of the molecule is Cc1csc(SC(C)C(=O)N(CCC#N)c2ccccc2)n1. The molecule has 22 heavy (non-hydrogen) atoms. The first-order chi connectivity index (χ1) is 10.6. The zero-order chi connectivity index (χ0) is 15.9. The maximum Gasteiger partial charge on any atom is 0.240 e. The Morgan fingerprint density at radius 3 is 2.77 bits per heavy atom. The maximum atomic E-state index is 12.7. The van der Waals surface area contributed by atoms with Crippen LogP contribution in [0.25, 0.3) is 0 Å². The number of carbonyl (C=O) groups excluding carboxylic acids is 1. The van der Waals surface area contributed by atoms with E-state index in [0.717, 1.165) is 15.7 Å². The zero-order valence-corrected chi connectivity index (χ0v) is 14.2. The molecule has 0 fully saturated rings. The summed E-state index contributed by atoms with van der Waals surface area (Å²) in [5.41, 5.74) is 1.79. The number of aryl methyl sites for hydroxylation is 1. The van der Waals surface area contributed by atoms with E-state index in [1.165, 1.54) is 11.8 Å². The molecule has 114 valence electrons. The molecule has 1 heterocycles. The molecule has 2 aromatic rings. The van der Waals surface area contributed by atoms with Gasteiger partial charge in [0, 0.05) is 23.3 Å². The monoisotopic (exact) mass is 331 g/mol. The number of nitrogens with zero attached hydrogens (tertiary/aromatic N) is 3. The fourth-order valence-corrected chi connectivity index (χ4v) is 3.99. The quantitative estimate of drug-likeness (QED) is 0.754. The van der Waals surface area contributed by atoms with Crippen molar-refractivity contribution in [2.45, 2.75) is 29.9 Å². The van der Waals surface area contributed by atoms with Gasteiger partial charge in [-0.1, -0.05) is 30.0 Å². The van der Waals surface area contributed by atoms with Crippen molar-refractivity contribution in [2.75, 3.05) is 11.4 Å². The summed E-state index contributed by atoms with van der Waals surface area (Å²) in [6.07, 6.45) is 0.314. The molecular weight excluding hydrogens is 314 g/mol. The summed E-state index contributed by atoms with van der Waals surface area (Å²) in [5.74, 6) is -0.000645. The highest BCUT2D eigenvalue weighted by Crippen LogP contribution is 2.28. The molecule has 0 aliphatic rings. The third kappa shape index (κ3) is 4.33. The summed E-state index contributed by atoms with van der Waals surface area (Å²) >= 11 is 3.01.